The number of ether oxygens (including phenoxy) is 1. The summed E-state index contributed by atoms with van der Waals surface area (Å²) in [6, 6.07) is -0.289. The standard InChI is InChI=1S/C10H18N2O2/c1-2-3-7-14-8-6-12-5-4-9(11)10(12)13/h2,9H,1,3-8,11H2. The third kappa shape index (κ3) is 3.12. The fourth-order valence-corrected chi connectivity index (χ4v) is 1.43. The highest BCUT2D eigenvalue weighted by Gasteiger charge is 2.27. The topological polar surface area (TPSA) is 55.6 Å². The van der Waals surface area contributed by atoms with E-state index in [9.17, 15) is 4.79 Å². The summed E-state index contributed by atoms with van der Waals surface area (Å²) in [5.74, 6) is 0.0531. The van der Waals surface area contributed by atoms with Gasteiger partial charge in [-0.15, -0.1) is 6.58 Å². The van der Waals surface area contributed by atoms with Crippen LogP contribution >= 0.6 is 0 Å². The molecule has 0 aromatic heterocycles. The molecule has 4 nitrogen and oxygen atoms in total. The molecule has 1 fully saturated rings. The molecular weight excluding hydrogens is 180 g/mol. The van der Waals surface area contributed by atoms with Crippen LogP contribution in [0.5, 0.6) is 0 Å². The first-order valence-corrected chi connectivity index (χ1v) is 4.98. The second-order valence-corrected chi connectivity index (χ2v) is 3.41. The molecule has 0 saturated carbocycles. The number of hydrogen-bond donors (Lipinski definition) is 1. The molecule has 1 aliphatic rings. The highest BCUT2D eigenvalue weighted by Crippen LogP contribution is 2.07. The van der Waals surface area contributed by atoms with E-state index >= 15 is 0 Å². The summed E-state index contributed by atoms with van der Waals surface area (Å²) in [7, 11) is 0. The molecule has 1 atom stereocenters. The summed E-state index contributed by atoms with van der Waals surface area (Å²) < 4.78 is 5.31. The van der Waals surface area contributed by atoms with E-state index in [1.54, 1.807) is 4.90 Å². The van der Waals surface area contributed by atoms with E-state index in [1.165, 1.54) is 0 Å². The van der Waals surface area contributed by atoms with Crippen LogP contribution in [0.4, 0.5) is 0 Å². The van der Waals surface area contributed by atoms with E-state index in [0.29, 0.717) is 19.8 Å². The first-order chi connectivity index (χ1) is 6.75. The number of amides is 1. The first-order valence-electron chi connectivity index (χ1n) is 4.98. The minimum atomic E-state index is -0.289. The maximum absolute atomic E-state index is 11.4. The minimum absolute atomic E-state index is 0.0531. The van der Waals surface area contributed by atoms with Crippen LogP contribution in [0, 0.1) is 0 Å². The molecule has 0 aromatic rings. The van der Waals surface area contributed by atoms with Crippen LogP contribution in [0.3, 0.4) is 0 Å². The van der Waals surface area contributed by atoms with Gasteiger partial charge >= 0.3 is 0 Å². The maximum atomic E-state index is 11.4. The number of carbonyl (C=O) groups is 1. The lowest BCUT2D eigenvalue weighted by Gasteiger charge is -2.15. The highest BCUT2D eigenvalue weighted by atomic mass is 16.5. The van der Waals surface area contributed by atoms with Crippen LogP contribution in [-0.4, -0.2) is 43.2 Å². The zero-order valence-corrected chi connectivity index (χ0v) is 8.45. The van der Waals surface area contributed by atoms with Gasteiger partial charge in [-0.2, -0.15) is 0 Å². The van der Waals surface area contributed by atoms with E-state index < -0.39 is 0 Å². The molecule has 0 radical (unpaired) electrons. The van der Waals surface area contributed by atoms with Crippen LogP contribution in [0.15, 0.2) is 12.7 Å². The molecule has 1 aliphatic heterocycles. The van der Waals surface area contributed by atoms with Crippen molar-refractivity contribution in [2.45, 2.75) is 18.9 Å². The SMILES string of the molecule is C=CCCOCCN1CCC(N)C1=O. The molecule has 14 heavy (non-hydrogen) atoms. The fourth-order valence-electron chi connectivity index (χ4n) is 1.43. The van der Waals surface area contributed by atoms with Crippen molar-refractivity contribution < 1.29 is 9.53 Å². The lowest BCUT2D eigenvalue weighted by Crippen LogP contribution is -2.35. The predicted octanol–water partition coefficient (Wildman–Crippen LogP) is 0.139. The molecular formula is C10H18N2O2. The first kappa shape index (κ1) is 11.2. The van der Waals surface area contributed by atoms with Crippen LogP contribution in [0.1, 0.15) is 12.8 Å². The van der Waals surface area contributed by atoms with E-state index in [4.69, 9.17) is 10.5 Å². The Bertz CT molecular complexity index is 206. The van der Waals surface area contributed by atoms with E-state index in [1.807, 2.05) is 6.08 Å². The van der Waals surface area contributed by atoms with Crippen LogP contribution in [0.25, 0.3) is 0 Å². The molecule has 1 heterocycles. The molecule has 1 rings (SSSR count). The lowest BCUT2D eigenvalue weighted by atomic mass is 10.3. The smallest absolute Gasteiger partial charge is 0.239 e. The molecule has 1 amide bonds. The zero-order valence-electron chi connectivity index (χ0n) is 8.45. The van der Waals surface area contributed by atoms with Crippen molar-refractivity contribution in [2.75, 3.05) is 26.3 Å². The number of nitrogens with two attached hydrogens (primary N) is 1. The lowest BCUT2D eigenvalue weighted by molar-refractivity contribution is -0.129. The van der Waals surface area contributed by atoms with Crippen LogP contribution in [-0.2, 0) is 9.53 Å². The van der Waals surface area contributed by atoms with Crippen molar-refractivity contribution in [3.8, 4) is 0 Å². The Morgan fingerprint density at radius 1 is 1.64 bits per heavy atom. The van der Waals surface area contributed by atoms with Gasteiger partial charge in [0.05, 0.1) is 19.3 Å². The van der Waals surface area contributed by atoms with Gasteiger partial charge in [0.15, 0.2) is 0 Å². The maximum Gasteiger partial charge on any atom is 0.239 e. The Morgan fingerprint density at radius 2 is 2.43 bits per heavy atom. The molecule has 0 aromatic carbocycles. The largest absolute Gasteiger partial charge is 0.379 e. The Morgan fingerprint density at radius 3 is 3.00 bits per heavy atom. The van der Waals surface area contributed by atoms with Crippen molar-refractivity contribution >= 4 is 5.91 Å². The molecule has 1 saturated heterocycles. The Labute approximate surface area is 84.7 Å². The van der Waals surface area contributed by atoms with Crippen molar-refractivity contribution in [1.29, 1.82) is 0 Å². The van der Waals surface area contributed by atoms with E-state index in [2.05, 4.69) is 6.58 Å². The summed E-state index contributed by atoms with van der Waals surface area (Å²) in [5.41, 5.74) is 5.58. The summed E-state index contributed by atoms with van der Waals surface area (Å²) >= 11 is 0. The third-order valence-electron chi connectivity index (χ3n) is 2.31. The van der Waals surface area contributed by atoms with Gasteiger partial charge in [0.2, 0.25) is 5.91 Å². The monoisotopic (exact) mass is 198 g/mol. The Balaban J connectivity index is 2.07. The summed E-state index contributed by atoms with van der Waals surface area (Å²) in [5, 5.41) is 0. The average Bonchev–Trinajstić information content (AvgIpc) is 2.49. The average molecular weight is 198 g/mol. The molecule has 0 spiro atoms. The van der Waals surface area contributed by atoms with Gasteiger partial charge < -0.3 is 15.4 Å². The molecule has 0 bridgehead atoms. The van der Waals surface area contributed by atoms with Crippen LogP contribution < -0.4 is 5.73 Å². The predicted molar refractivity (Wildman–Crippen MR) is 54.8 cm³/mol. The van der Waals surface area contributed by atoms with Gasteiger partial charge in [0, 0.05) is 13.1 Å². The number of carbonyl (C=O) groups excluding carboxylic acids is 1. The van der Waals surface area contributed by atoms with Crippen molar-refractivity contribution in [1.82, 2.24) is 4.90 Å². The summed E-state index contributed by atoms with van der Waals surface area (Å²) in [6.45, 7) is 6.29. The second kappa shape index (κ2) is 5.78. The molecule has 1 unspecified atom stereocenters. The van der Waals surface area contributed by atoms with Crippen LogP contribution in [0.2, 0.25) is 0 Å². The number of rotatable bonds is 6. The highest BCUT2D eigenvalue weighted by molar-refractivity contribution is 5.83. The Hall–Kier alpha value is -0.870. The van der Waals surface area contributed by atoms with Gasteiger partial charge in [0.25, 0.3) is 0 Å². The van der Waals surface area contributed by atoms with Gasteiger partial charge in [-0.3, -0.25) is 4.79 Å². The second-order valence-electron chi connectivity index (χ2n) is 3.41. The van der Waals surface area contributed by atoms with Gasteiger partial charge in [-0.25, -0.2) is 0 Å². The summed E-state index contributed by atoms with van der Waals surface area (Å²) in [6.07, 6.45) is 3.44. The molecule has 4 heteroatoms. The fraction of sp³-hybridized carbons (Fsp3) is 0.700. The quantitative estimate of drug-likeness (QED) is 0.488. The van der Waals surface area contributed by atoms with Gasteiger partial charge in [-0.05, 0) is 12.8 Å². The summed E-state index contributed by atoms with van der Waals surface area (Å²) in [4.78, 5) is 13.1. The Kier molecular flexibility index (Phi) is 4.62. The van der Waals surface area contributed by atoms with Gasteiger partial charge in [0.1, 0.15) is 0 Å². The van der Waals surface area contributed by atoms with Crippen molar-refractivity contribution in [3.05, 3.63) is 12.7 Å². The molecule has 80 valence electrons. The number of hydrogen-bond acceptors (Lipinski definition) is 3. The third-order valence-corrected chi connectivity index (χ3v) is 2.31. The molecule has 2 N–H and O–H groups in total. The number of nitrogens with zero attached hydrogens (tertiary/aromatic N) is 1. The van der Waals surface area contributed by atoms with Crippen molar-refractivity contribution in [3.63, 3.8) is 0 Å². The van der Waals surface area contributed by atoms with Crippen molar-refractivity contribution in [2.24, 2.45) is 5.73 Å². The normalized spacial score (nSPS) is 21.6. The zero-order chi connectivity index (χ0) is 10.4. The molecule has 0 aliphatic carbocycles. The van der Waals surface area contributed by atoms with E-state index in [-0.39, 0.29) is 11.9 Å². The number of likely N-dealkylation sites (tertiary alicyclic amines) is 1. The van der Waals surface area contributed by atoms with Gasteiger partial charge in [-0.1, -0.05) is 6.08 Å². The van der Waals surface area contributed by atoms with E-state index in [0.717, 1.165) is 19.4 Å². The minimum Gasteiger partial charge on any atom is -0.379 e.